The fraction of sp³-hybridized carbons (Fsp3) is 1.00. The fourth-order valence-electron chi connectivity index (χ4n) is 1.23. The van der Waals surface area contributed by atoms with Crippen molar-refractivity contribution in [2.75, 3.05) is 53.4 Å². The zero-order chi connectivity index (χ0) is 14.3. The van der Waals surface area contributed by atoms with Gasteiger partial charge in [0.25, 0.3) is 0 Å². The molecule has 7 heteroatoms. The van der Waals surface area contributed by atoms with Crippen LogP contribution in [0.25, 0.3) is 0 Å². The molecule has 0 aliphatic rings. The second-order valence-corrected chi connectivity index (χ2v) is 6.18. The third-order valence-corrected chi connectivity index (χ3v) is 3.64. The van der Waals surface area contributed by atoms with E-state index in [9.17, 15) is 0 Å². The monoisotopic (exact) mass is 406 g/mol. The summed E-state index contributed by atoms with van der Waals surface area (Å²) in [5.41, 5.74) is 0. The first kappa shape index (κ1) is 19.8. The van der Waals surface area contributed by atoms with E-state index in [1.54, 1.807) is 7.11 Å². The van der Waals surface area contributed by atoms with Gasteiger partial charge in [-0.15, -0.1) is 0 Å². The minimum atomic E-state index is 0.0178. The van der Waals surface area contributed by atoms with E-state index in [-0.39, 0.29) is 11.6 Å². The van der Waals surface area contributed by atoms with Crippen LogP contribution in [0.5, 0.6) is 0 Å². The summed E-state index contributed by atoms with van der Waals surface area (Å²) in [5.74, 6) is 0. The normalized spacial score (nSPS) is 14.5. The molecule has 0 aliphatic heterocycles. The van der Waals surface area contributed by atoms with E-state index >= 15 is 0 Å². The van der Waals surface area contributed by atoms with E-state index in [4.69, 9.17) is 24.1 Å². The summed E-state index contributed by atoms with van der Waals surface area (Å²) < 4.78 is 20.9. The van der Waals surface area contributed by atoms with Crippen LogP contribution in [0.1, 0.15) is 12.8 Å². The average molecular weight is 408 g/mol. The highest BCUT2D eigenvalue weighted by Gasteiger charge is 2.09. The molecule has 0 bridgehead atoms. The van der Waals surface area contributed by atoms with Crippen molar-refractivity contribution < 1.29 is 24.1 Å². The van der Waals surface area contributed by atoms with Crippen LogP contribution < -0.4 is 0 Å². The zero-order valence-corrected chi connectivity index (χ0v) is 14.5. The van der Waals surface area contributed by atoms with Gasteiger partial charge in [0, 0.05) is 11.9 Å². The summed E-state index contributed by atoms with van der Waals surface area (Å²) in [4.78, 5) is 0.318. The summed E-state index contributed by atoms with van der Waals surface area (Å²) in [7, 11) is 1.66. The van der Waals surface area contributed by atoms with Gasteiger partial charge in [0.15, 0.2) is 0 Å². The predicted molar refractivity (Wildman–Crippen MR) is 81.2 cm³/mol. The van der Waals surface area contributed by atoms with Crippen molar-refractivity contribution in [3.63, 3.8) is 0 Å². The Labute approximate surface area is 132 Å². The molecule has 0 amide bonds. The Hall–Kier alpha value is 0.760. The molecule has 0 aliphatic carbocycles. The first-order chi connectivity index (χ1) is 9.20. The Kier molecular flexibility index (Phi) is 15.8. The lowest BCUT2D eigenvalue weighted by molar-refractivity contribution is 0.0237. The molecule has 0 aromatic heterocycles. The van der Waals surface area contributed by atoms with Crippen molar-refractivity contribution in [1.29, 1.82) is 0 Å². The summed E-state index contributed by atoms with van der Waals surface area (Å²) in [6.07, 6.45) is 1.85. The topological polar surface area (TPSA) is 57.2 Å². The Morgan fingerprint density at radius 3 is 2.37 bits per heavy atom. The Morgan fingerprint density at radius 1 is 0.947 bits per heavy atom. The number of aliphatic hydroxyl groups is 1. The van der Waals surface area contributed by atoms with Crippen LogP contribution in [-0.4, -0.2) is 68.3 Å². The van der Waals surface area contributed by atoms with Gasteiger partial charge in [-0.1, -0.05) is 31.9 Å². The Morgan fingerprint density at radius 2 is 1.68 bits per heavy atom. The molecule has 19 heavy (non-hydrogen) atoms. The molecule has 5 nitrogen and oxygen atoms in total. The Balaban J connectivity index is 3.32. The molecular weight excluding hydrogens is 384 g/mol. The third kappa shape index (κ3) is 15.0. The van der Waals surface area contributed by atoms with Crippen LogP contribution in [0.3, 0.4) is 0 Å². The standard InChI is InChI=1S/C12H24Br2O5/c1-16-6-7-18-10-11(13)2-3-12(14)19-9-8-17-5-4-15/h11-12,15H,2-10H2,1H3. The number of halogens is 2. The maximum atomic E-state index is 8.52. The second-order valence-electron chi connectivity index (χ2n) is 3.86. The molecule has 0 saturated carbocycles. The maximum Gasteiger partial charge on any atom is 0.112 e. The summed E-state index contributed by atoms with van der Waals surface area (Å²) in [6, 6.07) is 0. The molecule has 2 unspecified atom stereocenters. The van der Waals surface area contributed by atoms with Gasteiger partial charge in [-0.25, -0.2) is 0 Å². The van der Waals surface area contributed by atoms with E-state index < -0.39 is 0 Å². The largest absolute Gasteiger partial charge is 0.394 e. The van der Waals surface area contributed by atoms with Gasteiger partial charge in [0.1, 0.15) is 5.01 Å². The van der Waals surface area contributed by atoms with Gasteiger partial charge in [0.05, 0.1) is 46.2 Å². The van der Waals surface area contributed by atoms with E-state index in [2.05, 4.69) is 31.9 Å². The highest BCUT2D eigenvalue weighted by Crippen LogP contribution is 2.16. The molecule has 0 saturated heterocycles. The first-order valence-corrected chi connectivity index (χ1v) is 8.18. The average Bonchev–Trinajstić information content (AvgIpc) is 2.41. The number of alkyl halides is 2. The molecule has 0 aromatic carbocycles. The molecule has 0 aromatic rings. The number of ether oxygens (including phenoxy) is 4. The second kappa shape index (κ2) is 15.2. The minimum Gasteiger partial charge on any atom is -0.394 e. The van der Waals surface area contributed by atoms with Gasteiger partial charge in [0.2, 0.25) is 0 Å². The van der Waals surface area contributed by atoms with Crippen molar-refractivity contribution in [2.45, 2.75) is 22.7 Å². The smallest absolute Gasteiger partial charge is 0.112 e. The highest BCUT2D eigenvalue weighted by atomic mass is 79.9. The van der Waals surface area contributed by atoms with E-state index in [1.807, 2.05) is 0 Å². The van der Waals surface area contributed by atoms with Crippen LogP contribution in [0.4, 0.5) is 0 Å². The Bertz CT molecular complexity index is 186. The number of rotatable bonds is 14. The summed E-state index contributed by atoms with van der Waals surface area (Å²) in [5, 5.41) is 8.54. The van der Waals surface area contributed by atoms with Crippen LogP contribution >= 0.6 is 31.9 Å². The molecule has 0 rings (SSSR count). The summed E-state index contributed by atoms with van der Waals surface area (Å²) in [6.45, 7) is 3.34. The van der Waals surface area contributed by atoms with Gasteiger partial charge < -0.3 is 24.1 Å². The first-order valence-electron chi connectivity index (χ1n) is 6.35. The molecule has 0 spiro atoms. The van der Waals surface area contributed by atoms with E-state index in [1.165, 1.54) is 0 Å². The molecule has 1 N–H and O–H groups in total. The highest BCUT2D eigenvalue weighted by molar-refractivity contribution is 9.09. The number of aliphatic hydroxyl groups excluding tert-OH is 1. The molecule has 0 heterocycles. The molecule has 0 fully saturated rings. The minimum absolute atomic E-state index is 0.0178. The molecule has 0 radical (unpaired) electrons. The van der Waals surface area contributed by atoms with Crippen LogP contribution in [0.2, 0.25) is 0 Å². The lowest BCUT2D eigenvalue weighted by Crippen LogP contribution is -2.16. The summed E-state index contributed by atoms with van der Waals surface area (Å²) >= 11 is 7.03. The number of hydrogen-bond acceptors (Lipinski definition) is 5. The molecule has 2 atom stereocenters. The van der Waals surface area contributed by atoms with E-state index in [0.717, 1.165) is 12.8 Å². The quantitative estimate of drug-likeness (QED) is 0.352. The maximum absolute atomic E-state index is 8.52. The van der Waals surface area contributed by atoms with Crippen molar-refractivity contribution in [1.82, 2.24) is 0 Å². The third-order valence-electron chi connectivity index (χ3n) is 2.20. The van der Waals surface area contributed by atoms with Crippen LogP contribution in [0, 0.1) is 0 Å². The van der Waals surface area contributed by atoms with Crippen LogP contribution in [-0.2, 0) is 18.9 Å². The van der Waals surface area contributed by atoms with Crippen molar-refractivity contribution in [3.8, 4) is 0 Å². The van der Waals surface area contributed by atoms with Gasteiger partial charge >= 0.3 is 0 Å². The fourth-order valence-corrected chi connectivity index (χ4v) is 2.14. The van der Waals surface area contributed by atoms with Gasteiger partial charge in [-0.2, -0.15) is 0 Å². The lowest BCUT2D eigenvalue weighted by atomic mass is 10.2. The van der Waals surface area contributed by atoms with Crippen LogP contribution in [0.15, 0.2) is 0 Å². The number of hydrogen-bond donors (Lipinski definition) is 1. The molecular formula is C12H24Br2O5. The van der Waals surface area contributed by atoms with Gasteiger partial charge in [-0.3, -0.25) is 0 Å². The lowest BCUT2D eigenvalue weighted by Gasteiger charge is -2.14. The van der Waals surface area contributed by atoms with Crippen molar-refractivity contribution >= 4 is 31.9 Å². The van der Waals surface area contributed by atoms with E-state index in [0.29, 0.717) is 44.5 Å². The molecule has 116 valence electrons. The SMILES string of the molecule is COCCOCC(Br)CCC(Br)OCCOCCO. The van der Waals surface area contributed by atoms with Crippen molar-refractivity contribution in [3.05, 3.63) is 0 Å². The van der Waals surface area contributed by atoms with Gasteiger partial charge in [-0.05, 0) is 12.8 Å². The van der Waals surface area contributed by atoms with Crippen molar-refractivity contribution in [2.24, 2.45) is 0 Å². The predicted octanol–water partition coefficient (Wildman–Crippen LogP) is 1.94. The number of methoxy groups -OCH3 is 1. The zero-order valence-electron chi connectivity index (χ0n) is 11.4.